The summed E-state index contributed by atoms with van der Waals surface area (Å²) in [6.45, 7) is 5.58. The molecule has 176 valence electrons. The highest BCUT2D eigenvalue weighted by atomic mass is 35.5. The first-order valence-electron chi connectivity index (χ1n) is 10.5. The van der Waals surface area contributed by atoms with Crippen LogP contribution in [0.5, 0.6) is 11.5 Å². The fourth-order valence-corrected chi connectivity index (χ4v) is 4.48. The number of aliphatic hydroxyl groups excluding tert-OH is 1. The molecule has 1 atom stereocenters. The van der Waals surface area contributed by atoms with Crippen LogP contribution in [0.1, 0.15) is 34.3 Å². The van der Waals surface area contributed by atoms with Crippen molar-refractivity contribution in [1.29, 1.82) is 0 Å². The number of nitrogens with zero attached hydrogens (tertiary/aromatic N) is 1. The van der Waals surface area contributed by atoms with E-state index in [2.05, 4.69) is 0 Å². The molecular formula is C26H24ClNO6. The number of aryl methyl sites for hydroxylation is 3. The number of hydrogen-bond acceptors (Lipinski definition) is 6. The lowest BCUT2D eigenvalue weighted by Crippen LogP contribution is -2.29. The van der Waals surface area contributed by atoms with Gasteiger partial charge in [-0.3, -0.25) is 14.5 Å². The Balaban J connectivity index is 2.00. The van der Waals surface area contributed by atoms with Gasteiger partial charge in [0.05, 0.1) is 30.4 Å². The van der Waals surface area contributed by atoms with Crippen LogP contribution in [-0.4, -0.2) is 31.0 Å². The van der Waals surface area contributed by atoms with Crippen molar-refractivity contribution in [2.75, 3.05) is 19.1 Å². The molecule has 34 heavy (non-hydrogen) atoms. The number of carbonyl (C=O) groups is 2. The van der Waals surface area contributed by atoms with Crippen LogP contribution in [0.2, 0.25) is 5.02 Å². The first-order chi connectivity index (χ1) is 16.2. The van der Waals surface area contributed by atoms with E-state index in [1.165, 1.54) is 31.3 Å². The molecule has 0 spiro atoms. The molecule has 2 heterocycles. The predicted octanol–water partition coefficient (Wildman–Crippen LogP) is 5.50. The van der Waals surface area contributed by atoms with Gasteiger partial charge in [-0.1, -0.05) is 17.7 Å². The van der Waals surface area contributed by atoms with Crippen LogP contribution in [0.25, 0.3) is 5.76 Å². The molecule has 8 heteroatoms. The van der Waals surface area contributed by atoms with E-state index in [-0.39, 0.29) is 27.7 Å². The lowest BCUT2D eigenvalue weighted by molar-refractivity contribution is -0.132. The molecule has 0 aliphatic carbocycles. The lowest BCUT2D eigenvalue weighted by Gasteiger charge is -2.24. The summed E-state index contributed by atoms with van der Waals surface area (Å²) in [6, 6.07) is 11.0. The van der Waals surface area contributed by atoms with Gasteiger partial charge in [-0.15, -0.1) is 0 Å². The van der Waals surface area contributed by atoms with Crippen LogP contribution in [0.3, 0.4) is 0 Å². The Bertz CT molecular complexity index is 1320. The van der Waals surface area contributed by atoms with Crippen molar-refractivity contribution < 1.29 is 28.6 Å². The van der Waals surface area contributed by atoms with E-state index in [1.807, 2.05) is 32.0 Å². The highest BCUT2D eigenvalue weighted by Gasteiger charge is 2.48. The average molecular weight is 482 g/mol. The Morgan fingerprint density at radius 1 is 0.971 bits per heavy atom. The van der Waals surface area contributed by atoms with Crippen molar-refractivity contribution in [1.82, 2.24) is 0 Å². The molecule has 1 aliphatic heterocycles. The van der Waals surface area contributed by atoms with E-state index in [4.69, 9.17) is 25.5 Å². The molecule has 1 amide bonds. The summed E-state index contributed by atoms with van der Waals surface area (Å²) < 4.78 is 16.5. The molecule has 1 fully saturated rings. The van der Waals surface area contributed by atoms with Crippen molar-refractivity contribution in [2.24, 2.45) is 0 Å². The summed E-state index contributed by atoms with van der Waals surface area (Å²) in [7, 11) is 2.85. The van der Waals surface area contributed by atoms with Crippen LogP contribution < -0.4 is 14.4 Å². The van der Waals surface area contributed by atoms with Crippen LogP contribution in [0.15, 0.2) is 52.5 Å². The van der Waals surface area contributed by atoms with Crippen LogP contribution in [-0.2, 0) is 9.59 Å². The Hall–Kier alpha value is -3.71. The van der Waals surface area contributed by atoms with Crippen LogP contribution in [0.4, 0.5) is 5.69 Å². The minimum Gasteiger partial charge on any atom is -0.507 e. The second kappa shape index (κ2) is 8.91. The highest BCUT2D eigenvalue weighted by Crippen LogP contribution is 2.45. The van der Waals surface area contributed by atoms with Crippen molar-refractivity contribution in [3.63, 3.8) is 0 Å². The van der Waals surface area contributed by atoms with Crippen molar-refractivity contribution in [3.05, 3.63) is 81.3 Å². The molecule has 0 bridgehead atoms. The molecule has 1 aromatic heterocycles. The third-order valence-corrected chi connectivity index (χ3v) is 5.98. The summed E-state index contributed by atoms with van der Waals surface area (Å²) in [5, 5.41) is 11.7. The number of halogens is 1. The number of carbonyl (C=O) groups excluding carboxylic acids is 2. The average Bonchev–Trinajstić information content (AvgIpc) is 3.33. The predicted molar refractivity (Wildman–Crippen MR) is 129 cm³/mol. The topological polar surface area (TPSA) is 89.2 Å². The van der Waals surface area contributed by atoms with Gasteiger partial charge in [0, 0.05) is 11.8 Å². The smallest absolute Gasteiger partial charge is 0.300 e. The maximum absolute atomic E-state index is 13.3. The Labute approximate surface area is 202 Å². The maximum Gasteiger partial charge on any atom is 0.300 e. The Kier molecular flexibility index (Phi) is 6.15. The Morgan fingerprint density at radius 2 is 1.62 bits per heavy atom. The first kappa shape index (κ1) is 23.4. The van der Waals surface area contributed by atoms with Gasteiger partial charge in [0.2, 0.25) is 0 Å². The van der Waals surface area contributed by atoms with Crippen LogP contribution >= 0.6 is 11.6 Å². The molecule has 1 saturated heterocycles. The number of rotatable bonds is 5. The van der Waals surface area contributed by atoms with Crippen molar-refractivity contribution in [3.8, 4) is 11.5 Å². The lowest BCUT2D eigenvalue weighted by atomic mass is 9.98. The number of Topliss-reactive ketones (excluding diaryl/α,β-unsaturated/α-hetero) is 1. The van der Waals surface area contributed by atoms with E-state index < -0.39 is 23.5 Å². The summed E-state index contributed by atoms with van der Waals surface area (Å²) in [4.78, 5) is 28.0. The molecule has 0 saturated carbocycles. The quantitative estimate of drug-likeness (QED) is 0.294. The molecule has 1 unspecified atom stereocenters. The number of anilines is 1. The largest absolute Gasteiger partial charge is 0.507 e. The molecular weight excluding hydrogens is 458 g/mol. The standard InChI is InChI=1S/C26H24ClNO6/c1-13-8-14(2)10-16(9-13)28-23(19-7-6-15(3)34-19)22(25(30)26(28)31)24(29)17-11-21(33-5)18(27)12-20(17)32-4/h6-12,23,29H,1-5H3/b24-22+. The van der Waals surface area contributed by atoms with Gasteiger partial charge in [-0.05, 0) is 62.2 Å². The molecule has 7 nitrogen and oxygen atoms in total. The maximum atomic E-state index is 13.3. The first-order valence-corrected chi connectivity index (χ1v) is 10.9. The minimum atomic E-state index is -0.985. The summed E-state index contributed by atoms with van der Waals surface area (Å²) in [5.41, 5.74) is 2.42. The van der Waals surface area contributed by atoms with E-state index in [9.17, 15) is 14.7 Å². The number of hydrogen-bond donors (Lipinski definition) is 1. The Morgan fingerprint density at radius 3 is 2.18 bits per heavy atom. The van der Waals surface area contributed by atoms with Crippen molar-refractivity contribution >= 4 is 34.7 Å². The normalized spacial score (nSPS) is 17.4. The van der Waals surface area contributed by atoms with Gasteiger partial charge in [0.1, 0.15) is 34.8 Å². The second-order valence-corrected chi connectivity index (χ2v) is 8.56. The number of ether oxygens (including phenoxy) is 2. The molecule has 3 aromatic rings. The third-order valence-electron chi connectivity index (χ3n) is 5.69. The number of aliphatic hydroxyl groups is 1. The number of benzene rings is 2. The van der Waals surface area contributed by atoms with E-state index >= 15 is 0 Å². The zero-order valence-corrected chi connectivity index (χ0v) is 20.2. The van der Waals surface area contributed by atoms with Gasteiger partial charge in [0.25, 0.3) is 11.7 Å². The second-order valence-electron chi connectivity index (χ2n) is 8.15. The van der Waals surface area contributed by atoms with Crippen molar-refractivity contribution in [2.45, 2.75) is 26.8 Å². The zero-order chi connectivity index (χ0) is 24.7. The van der Waals surface area contributed by atoms with Crippen LogP contribution in [0, 0.1) is 20.8 Å². The van der Waals surface area contributed by atoms with E-state index in [0.717, 1.165) is 11.1 Å². The van der Waals surface area contributed by atoms with Gasteiger partial charge in [-0.25, -0.2) is 0 Å². The van der Waals surface area contributed by atoms with E-state index in [0.29, 0.717) is 17.2 Å². The van der Waals surface area contributed by atoms with Gasteiger partial charge >= 0.3 is 0 Å². The van der Waals surface area contributed by atoms with Gasteiger partial charge < -0.3 is 19.0 Å². The van der Waals surface area contributed by atoms with Gasteiger partial charge in [0.15, 0.2) is 0 Å². The summed E-state index contributed by atoms with van der Waals surface area (Å²) in [6.07, 6.45) is 0. The van der Waals surface area contributed by atoms with E-state index in [1.54, 1.807) is 19.1 Å². The van der Waals surface area contributed by atoms with Gasteiger partial charge in [-0.2, -0.15) is 0 Å². The fraction of sp³-hybridized carbons (Fsp3) is 0.231. The summed E-state index contributed by atoms with van der Waals surface area (Å²) in [5.74, 6) is -0.592. The SMILES string of the molecule is COc1cc(/C(O)=C2\C(=O)C(=O)N(c3cc(C)cc(C)c3)C2c2ccc(C)o2)c(OC)cc1Cl. The fourth-order valence-electron chi connectivity index (χ4n) is 4.25. The third kappa shape index (κ3) is 3.92. The number of amides is 1. The summed E-state index contributed by atoms with van der Waals surface area (Å²) >= 11 is 6.21. The molecule has 1 aliphatic rings. The monoisotopic (exact) mass is 481 g/mol. The zero-order valence-electron chi connectivity index (χ0n) is 19.4. The molecule has 0 radical (unpaired) electrons. The highest BCUT2D eigenvalue weighted by molar-refractivity contribution is 6.51. The minimum absolute atomic E-state index is 0.124. The molecule has 1 N–H and O–H groups in total. The number of furan rings is 1. The molecule has 4 rings (SSSR count). The number of methoxy groups -OCH3 is 2. The number of ketones is 1. The molecule has 2 aromatic carbocycles.